The Balaban J connectivity index is 2.59. The predicted octanol–water partition coefficient (Wildman–Crippen LogP) is 3.41. The molecule has 21 heavy (non-hydrogen) atoms. The van der Waals surface area contributed by atoms with Crippen molar-refractivity contribution < 1.29 is 17.9 Å². The van der Waals surface area contributed by atoms with E-state index in [0.717, 1.165) is 19.6 Å². The van der Waals surface area contributed by atoms with Gasteiger partial charge in [-0.1, -0.05) is 32.0 Å². The van der Waals surface area contributed by atoms with E-state index in [4.69, 9.17) is 0 Å². The van der Waals surface area contributed by atoms with Gasteiger partial charge < -0.3 is 15.0 Å². The topological polar surface area (TPSA) is 24.5 Å². The number of para-hydroxylation sites is 1. The Hall–Kier alpha value is -1.27. The SMILES string of the molecule is CCN(CC)CC(C)NCc1ccccc1OC(F)(F)F. The monoisotopic (exact) mass is 304 g/mol. The number of ether oxygens (including phenoxy) is 1. The number of rotatable bonds is 8. The van der Waals surface area contributed by atoms with Crippen LogP contribution in [0.3, 0.4) is 0 Å². The molecule has 0 aromatic heterocycles. The third-order valence-corrected chi connectivity index (χ3v) is 3.27. The van der Waals surface area contributed by atoms with Crippen LogP contribution in [-0.4, -0.2) is 36.9 Å². The summed E-state index contributed by atoms with van der Waals surface area (Å²) in [5.74, 6) is -0.146. The summed E-state index contributed by atoms with van der Waals surface area (Å²) in [6.07, 6.45) is -4.66. The first kappa shape index (κ1) is 17.8. The van der Waals surface area contributed by atoms with Gasteiger partial charge in [-0.25, -0.2) is 0 Å². The zero-order chi connectivity index (χ0) is 15.9. The molecule has 0 aliphatic rings. The molecule has 1 unspecified atom stereocenters. The van der Waals surface area contributed by atoms with E-state index < -0.39 is 6.36 Å². The lowest BCUT2D eigenvalue weighted by Crippen LogP contribution is -2.38. The lowest BCUT2D eigenvalue weighted by atomic mass is 10.2. The van der Waals surface area contributed by atoms with Crippen LogP contribution in [0.5, 0.6) is 5.75 Å². The Morgan fingerprint density at radius 3 is 2.38 bits per heavy atom. The van der Waals surface area contributed by atoms with Gasteiger partial charge in [-0.2, -0.15) is 0 Å². The molecule has 0 fully saturated rings. The highest BCUT2D eigenvalue weighted by Crippen LogP contribution is 2.26. The van der Waals surface area contributed by atoms with Gasteiger partial charge in [0.25, 0.3) is 0 Å². The van der Waals surface area contributed by atoms with Crippen LogP contribution in [0.25, 0.3) is 0 Å². The highest BCUT2D eigenvalue weighted by Gasteiger charge is 2.31. The van der Waals surface area contributed by atoms with E-state index in [1.165, 1.54) is 12.1 Å². The Bertz CT molecular complexity index is 420. The number of likely N-dealkylation sites (N-methyl/N-ethyl adjacent to an activating group) is 1. The van der Waals surface area contributed by atoms with Crippen molar-refractivity contribution in [3.05, 3.63) is 29.8 Å². The van der Waals surface area contributed by atoms with Crippen molar-refractivity contribution >= 4 is 0 Å². The number of hydrogen-bond donors (Lipinski definition) is 1. The molecule has 1 N–H and O–H groups in total. The van der Waals surface area contributed by atoms with Crippen molar-refractivity contribution in [2.75, 3.05) is 19.6 Å². The minimum Gasteiger partial charge on any atom is -0.405 e. The lowest BCUT2D eigenvalue weighted by Gasteiger charge is -2.24. The van der Waals surface area contributed by atoms with E-state index in [1.54, 1.807) is 12.1 Å². The van der Waals surface area contributed by atoms with Gasteiger partial charge in [0.15, 0.2) is 0 Å². The van der Waals surface area contributed by atoms with E-state index >= 15 is 0 Å². The summed E-state index contributed by atoms with van der Waals surface area (Å²) in [5, 5.41) is 3.24. The molecular weight excluding hydrogens is 281 g/mol. The summed E-state index contributed by atoms with van der Waals surface area (Å²) < 4.78 is 41.0. The molecule has 0 radical (unpaired) electrons. The summed E-state index contributed by atoms with van der Waals surface area (Å²) in [6.45, 7) is 9.30. The first-order valence-electron chi connectivity index (χ1n) is 7.15. The van der Waals surface area contributed by atoms with Crippen LogP contribution in [-0.2, 0) is 6.54 Å². The summed E-state index contributed by atoms with van der Waals surface area (Å²) in [5.41, 5.74) is 0.501. The lowest BCUT2D eigenvalue weighted by molar-refractivity contribution is -0.274. The van der Waals surface area contributed by atoms with E-state index in [-0.39, 0.29) is 11.8 Å². The van der Waals surface area contributed by atoms with Crippen molar-refractivity contribution in [1.82, 2.24) is 10.2 Å². The second-order valence-corrected chi connectivity index (χ2v) is 4.92. The Kier molecular flexibility index (Phi) is 6.98. The Morgan fingerprint density at radius 1 is 1.19 bits per heavy atom. The van der Waals surface area contributed by atoms with Crippen molar-refractivity contribution in [3.8, 4) is 5.75 Å². The molecule has 0 saturated carbocycles. The largest absolute Gasteiger partial charge is 0.573 e. The van der Waals surface area contributed by atoms with Crippen molar-refractivity contribution in [2.45, 2.75) is 39.7 Å². The molecule has 0 amide bonds. The Labute approximate surface area is 124 Å². The summed E-state index contributed by atoms with van der Waals surface area (Å²) >= 11 is 0. The first-order valence-corrected chi connectivity index (χ1v) is 7.15. The molecule has 0 heterocycles. The molecule has 1 aromatic carbocycles. The second kappa shape index (κ2) is 8.24. The van der Waals surface area contributed by atoms with Gasteiger partial charge in [0.2, 0.25) is 0 Å². The highest BCUT2D eigenvalue weighted by atomic mass is 19.4. The van der Waals surface area contributed by atoms with Crippen LogP contribution in [0, 0.1) is 0 Å². The third kappa shape index (κ3) is 6.82. The number of alkyl halides is 3. The second-order valence-electron chi connectivity index (χ2n) is 4.92. The fourth-order valence-electron chi connectivity index (χ4n) is 2.09. The zero-order valence-corrected chi connectivity index (χ0v) is 12.7. The summed E-state index contributed by atoms with van der Waals surface area (Å²) in [4.78, 5) is 2.26. The molecule has 0 bridgehead atoms. The molecule has 0 spiro atoms. The highest BCUT2D eigenvalue weighted by molar-refractivity contribution is 5.33. The van der Waals surface area contributed by atoms with Gasteiger partial charge in [-0.15, -0.1) is 13.2 Å². The standard InChI is InChI=1S/C15H23F3N2O/c1-4-20(5-2)11-12(3)19-10-13-8-6-7-9-14(13)21-15(16,17)18/h6-9,12,19H,4-5,10-11H2,1-3H3. The van der Waals surface area contributed by atoms with E-state index in [1.807, 2.05) is 6.92 Å². The molecular formula is C15H23F3N2O. The van der Waals surface area contributed by atoms with Crippen LogP contribution in [0.2, 0.25) is 0 Å². The van der Waals surface area contributed by atoms with E-state index in [2.05, 4.69) is 28.8 Å². The molecule has 0 aliphatic carbocycles. The van der Waals surface area contributed by atoms with Crippen LogP contribution >= 0.6 is 0 Å². The maximum absolute atomic E-state index is 12.3. The minimum absolute atomic E-state index is 0.146. The third-order valence-electron chi connectivity index (χ3n) is 3.27. The van der Waals surface area contributed by atoms with Crippen LogP contribution in [0.1, 0.15) is 26.3 Å². The minimum atomic E-state index is -4.66. The number of nitrogens with one attached hydrogen (secondary N) is 1. The van der Waals surface area contributed by atoms with Crippen LogP contribution in [0.15, 0.2) is 24.3 Å². The van der Waals surface area contributed by atoms with Crippen molar-refractivity contribution in [3.63, 3.8) is 0 Å². The summed E-state index contributed by atoms with van der Waals surface area (Å²) in [6, 6.07) is 6.39. The van der Waals surface area contributed by atoms with Crippen LogP contribution < -0.4 is 10.1 Å². The fourth-order valence-corrected chi connectivity index (χ4v) is 2.09. The molecule has 0 aliphatic heterocycles. The average molecular weight is 304 g/mol. The zero-order valence-electron chi connectivity index (χ0n) is 12.7. The molecule has 3 nitrogen and oxygen atoms in total. The number of nitrogens with zero attached hydrogens (tertiary/aromatic N) is 1. The van der Waals surface area contributed by atoms with Gasteiger partial charge in [0.05, 0.1) is 0 Å². The van der Waals surface area contributed by atoms with Gasteiger partial charge >= 0.3 is 6.36 Å². The maximum atomic E-state index is 12.3. The Morgan fingerprint density at radius 2 is 1.81 bits per heavy atom. The fraction of sp³-hybridized carbons (Fsp3) is 0.600. The molecule has 120 valence electrons. The van der Waals surface area contributed by atoms with Gasteiger partial charge in [-0.3, -0.25) is 0 Å². The molecule has 1 aromatic rings. The normalized spacial score (nSPS) is 13.5. The first-order chi connectivity index (χ1) is 9.85. The number of halogens is 3. The number of hydrogen-bond acceptors (Lipinski definition) is 3. The van der Waals surface area contributed by atoms with Gasteiger partial charge in [-0.05, 0) is 26.1 Å². The van der Waals surface area contributed by atoms with E-state index in [9.17, 15) is 13.2 Å². The molecule has 0 saturated heterocycles. The van der Waals surface area contributed by atoms with Crippen molar-refractivity contribution in [1.29, 1.82) is 0 Å². The molecule has 1 rings (SSSR count). The average Bonchev–Trinajstić information content (AvgIpc) is 2.42. The maximum Gasteiger partial charge on any atom is 0.573 e. The number of benzene rings is 1. The van der Waals surface area contributed by atoms with Gasteiger partial charge in [0, 0.05) is 24.7 Å². The predicted molar refractivity (Wildman–Crippen MR) is 77.2 cm³/mol. The molecule has 6 heteroatoms. The summed E-state index contributed by atoms with van der Waals surface area (Å²) in [7, 11) is 0. The van der Waals surface area contributed by atoms with E-state index in [0.29, 0.717) is 12.1 Å². The molecule has 1 atom stereocenters. The van der Waals surface area contributed by atoms with Gasteiger partial charge in [0.1, 0.15) is 5.75 Å². The smallest absolute Gasteiger partial charge is 0.405 e. The van der Waals surface area contributed by atoms with Crippen molar-refractivity contribution in [2.24, 2.45) is 0 Å². The van der Waals surface area contributed by atoms with Crippen LogP contribution in [0.4, 0.5) is 13.2 Å². The quantitative estimate of drug-likeness (QED) is 0.796.